The van der Waals surface area contributed by atoms with E-state index in [0.717, 1.165) is 19.4 Å². The monoisotopic (exact) mass is 369 g/mol. The van der Waals surface area contributed by atoms with Gasteiger partial charge in [-0.1, -0.05) is 12.1 Å². The zero-order valence-corrected chi connectivity index (χ0v) is 15.0. The van der Waals surface area contributed by atoms with Crippen molar-refractivity contribution in [2.45, 2.75) is 31.8 Å². The largest absolute Gasteiger partial charge is 0.336 e. The van der Waals surface area contributed by atoms with Crippen LogP contribution in [0.4, 0.5) is 0 Å². The van der Waals surface area contributed by atoms with Crippen LogP contribution in [0.1, 0.15) is 30.9 Å². The van der Waals surface area contributed by atoms with Crippen LogP contribution in [-0.2, 0) is 11.3 Å². The summed E-state index contributed by atoms with van der Waals surface area (Å²) < 4.78 is 1.48. The van der Waals surface area contributed by atoms with Gasteiger partial charge in [-0.2, -0.15) is 11.3 Å². The summed E-state index contributed by atoms with van der Waals surface area (Å²) in [6, 6.07) is 9.16. The SMILES string of the molecule is O=C(CCn1c(=O)[nH]c(=O)c2ccccc21)N1CCCC1c1ccsc1. The fraction of sp³-hybridized carbons (Fsp3) is 0.316. The first-order chi connectivity index (χ1) is 12.6. The second kappa shape index (κ2) is 6.92. The second-order valence-corrected chi connectivity index (χ2v) is 7.26. The number of fused-ring (bicyclic) bond motifs is 1. The molecule has 1 N–H and O–H groups in total. The minimum absolute atomic E-state index is 0.0425. The molecule has 1 atom stereocenters. The number of hydrogen-bond donors (Lipinski definition) is 1. The first-order valence-electron chi connectivity index (χ1n) is 8.68. The fourth-order valence-electron chi connectivity index (χ4n) is 3.69. The number of aromatic amines is 1. The Hall–Kier alpha value is -2.67. The lowest BCUT2D eigenvalue weighted by Crippen LogP contribution is -2.34. The number of likely N-dealkylation sites (tertiary alicyclic amines) is 1. The van der Waals surface area contributed by atoms with E-state index in [9.17, 15) is 14.4 Å². The second-order valence-electron chi connectivity index (χ2n) is 6.48. The van der Waals surface area contributed by atoms with Gasteiger partial charge in [0.25, 0.3) is 5.56 Å². The lowest BCUT2D eigenvalue weighted by molar-refractivity contribution is -0.132. The maximum atomic E-state index is 12.8. The highest BCUT2D eigenvalue weighted by Crippen LogP contribution is 2.33. The average molecular weight is 369 g/mol. The molecule has 1 aromatic carbocycles. The Morgan fingerprint density at radius 2 is 2.08 bits per heavy atom. The van der Waals surface area contributed by atoms with Gasteiger partial charge in [0.1, 0.15) is 0 Å². The third-order valence-corrected chi connectivity index (χ3v) is 5.66. The van der Waals surface area contributed by atoms with Crippen LogP contribution in [0.25, 0.3) is 10.9 Å². The van der Waals surface area contributed by atoms with E-state index in [4.69, 9.17) is 0 Å². The normalized spacial score (nSPS) is 17.1. The van der Waals surface area contributed by atoms with Crippen molar-refractivity contribution in [2.75, 3.05) is 6.54 Å². The molecular weight excluding hydrogens is 350 g/mol. The van der Waals surface area contributed by atoms with Gasteiger partial charge in [-0.3, -0.25) is 19.1 Å². The molecule has 1 amide bonds. The van der Waals surface area contributed by atoms with Crippen molar-refractivity contribution in [3.05, 3.63) is 67.5 Å². The number of hydrogen-bond acceptors (Lipinski definition) is 4. The van der Waals surface area contributed by atoms with E-state index in [1.54, 1.807) is 35.6 Å². The van der Waals surface area contributed by atoms with Crippen LogP contribution >= 0.6 is 11.3 Å². The van der Waals surface area contributed by atoms with Crippen molar-refractivity contribution in [3.63, 3.8) is 0 Å². The Labute approximate surface area is 153 Å². The summed E-state index contributed by atoms with van der Waals surface area (Å²) in [5, 5.41) is 4.58. The van der Waals surface area contributed by atoms with E-state index < -0.39 is 11.2 Å². The molecule has 7 heteroatoms. The number of benzene rings is 1. The predicted octanol–water partition coefficient (Wildman–Crippen LogP) is 2.51. The Bertz CT molecular complexity index is 1050. The molecule has 0 spiro atoms. The minimum atomic E-state index is -0.475. The molecule has 1 fully saturated rings. The number of rotatable bonds is 4. The molecule has 1 saturated heterocycles. The van der Waals surface area contributed by atoms with E-state index in [1.165, 1.54) is 10.1 Å². The third kappa shape index (κ3) is 2.99. The van der Waals surface area contributed by atoms with E-state index >= 15 is 0 Å². The van der Waals surface area contributed by atoms with Gasteiger partial charge in [-0.25, -0.2) is 4.79 Å². The Morgan fingerprint density at radius 3 is 2.88 bits per heavy atom. The van der Waals surface area contributed by atoms with Crippen LogP contribution in [0.5, 0.6) is 0 Å². The first-order valence-corrected chi connectivity index (χ1v) is 9.63. The van der Waals surface area contributed by atoms with Crippen molar-refractivity contribution in [2.24, 2.45) is 0 Å². The number of H-pyrrole nitrogens is 1. The molecule has 134 valence electrons. The number of carbonyl (C=O) groups is 1. The van der Waals surface area contributed by atoms with E-state index in [2.05, 4.69) is 16.4 Å². The van der Waals surface area contributed by atoms with Gasteiger partial charge in [0.15, 0.2) is 0 Å². The lowest BCUT2D eigenvalue weighted by Gasteiger charge is -2.24. The summed E-state index contributed by atoms with van der Waals surface area (Å²) in [4.78, 5) is 41.2. The van der Waals surface area contributed by atoms with Crippen LogP contribution in [-0.4, -0.2) is 26.9 Å². The molecule has 0 saturated carbocycles. The van der Waals surface area contributed by atoms with Gasteiger partial charge in [-0.15, -0.1) is 0 Å². The maximum Gasteiger partial charge on any atom is 0.328 e. The topological polar surface area (TPSA) is 75.2 Å². The quantitative estimate of drug-likeness (QED) is 0.768. The average Bonchev–Trinajstić information content (AvgIpc) is 3.32. The summed E-state index contributed by atoms with van der Waals surface area (Å²) in [6.07, 6.45) is 2.20. The Kier molecular flexibility index (Phi) is 4.46. The van der Waals surface area contributed by atoms with Crippen LogP contribution < -0.4 is 11.2 Å². The summed E-state index contributed by atoms with van der Waals surface area (Å²) in [5.74, 6) is 0.0425. The number of aromatic nitrogens is 2. The van der Waals surface area contributed by atoms with E-state index in [1.807, 2.05) is 10.3 Å². The summed E-state index contributed by atoms with van der Waals surface area (Å²) in [5.41, 5.74) is 0.875. The van der Waals surface area contributed by atoms with Crippen LogP contribution in [0.3, 0.4) is 0 Å². The molecule has 0 radical (unpaired) electrons. The van der Waals surface area contributed by atoms with Crippen LogP contribution in [0, 0.1) is 0 Å². The Balaban J connectivity index is 1.56. The minimum Gasteiger partial charge on any atom is -0.336 e. The number of amides is 1. The molecule has 3 heterocycles. The smallest absolute Gasteiger partial charge is 0.328 e. The van der Waals surface area contributed by atoms with Gasteiger partial charge in [-0.05, 0) is 47.4 Å². The highest BCUT2D eigenvalue weighted by molar-refractivity contribution is 7.08. The highest BCUT2D eigenvalue weighted by Gasteiger charge is 2.29. The van der Waals surface area contributed by atoms with E-state index in [0.29, 0.717) is 10.9 Å². The number of nitrogens with one attached hydrogen (secondary N) is 1. The molecule has 26 heavy (non-hydrogen) atoms. The molecule has 3 aromatic rings. The van der Waals surface area contributed by atoms with Gasteiger partial charge in [0, 0.05) is 19.5 Å². The third-order valence-electron chi connectivity index (χ3n) is 4.96. The molecule has 0 bridgehead atoms. The fourth-order valence-corrected chi connectivity index (χ4v) is 4.40. The number of thiophene rings is 1. The highest BCUT2D eigenvalue weighted by atomic mass is 32.1. The van der Waals surface area contributed by atoms with Crippen molar-refractivity contribution in [1.29, 1.82) is 0 Å². The van der Waals surface area contributed by atoms with Gasteiger partial charge in [0.05, 0.1) is 16.9 Å². The molecule has 4 rings (SSSR count). The molecule has 1 unspecified atom stereocenters. The predicted molar refractivity (Wildman–Crippen MR) is 101 cm³/mol. The molecule has 1 aliphatic rings. The van der Waals surface area contributed by atoms with Crippen molar-refractivity contribution in [3.8, 4) is 0 Å². The number of para-hydroxylation sites is 1. The van der Waals surface area contributed by atoms with Crippen LogP contribution in [0.15, 0.2) is 50.7 Å². The molecule has 2 aromatic heterocycles. The van der Waals surface area contributed by atoms with Crippen molar-refractivity contribution in [1.82, 2.24) is 14.5 Å². The maximum absolute atomic E-state index is 12.8. The van der Waals surface area contributed by atoms with Crippen LogP contribution in [0.2, 0.25) is 0 Å². The number of nitrogens with zero attached hydrogens (tertiary/aromatic N) is 2. The summed E-state index contributed by atoms with van der Waals surface area (Å²) in [7, 11) is 0. The number of carbonyl (C=O) groups excluding carboxylic acids is 1. The van der Waals surface area contributed by atoms with E-state index in [-0.39, 0.29) is 24.9 Å². The first kappa shape index (κ1) is 16.8. The van der Waals surface area contributed by atoms with Crippen molar-refractivity contribution >= 4 is 28.1 Å². The van der Waals surface area contributed by atoms with Gasteiger partial charge >= 0.3 is 5.69 Å². The van der Waals surface area contributed by atoms with Crippen molar-refractivity contribution < 1.29 is 4.79 Å². The molecule has 6 nitrogen and oxygen atoms in total. The zero-order chi connectivity index (χ0) is 18.1. The molecular formula is C19H19N3O3S. The summed E-state index contributed by atoms with van der Waals surface area (Å²) >= 11 is 1.64. The van der Waals surface area contributed by atoms with Gasteiger partial charge in [0.2, 0.25) is 5.91 Å². The molecule has 0 aliphatic carbocycles. The Morgan fingerprint density at radius 1 is 1.23 bits per heavy atom. The molecule has 1 aliphatic heterocycles. The number of aryl methyl sites for hydroxylation is 1. The zero-order valence-electron chi connectivity index (χ0n) is 14.2. The summed E-state index contributed by atoms with van der Waals surface area (Å²) in [6.45, 7) is 1.00. The van der Waals surface area contributed by atoms with Gasteiger partial charge < -0.3 is 4.90 Å². The standard InChI is InChI=1S/C19H19N3O3S/c23-17(21-9-3-6-15(21)13-8-11-26-12-13)7-10-22-16-5-2-1-4-14(16)18(24)20-19(22)25/h1-2,4-5,8,11-12,15H,3,6-7,9-10H2,(H,20,24,25). The lowest BCUT2D eigenvalue weighted by atomic mass is 10.1.